The molecule has 1 aliphatic heterocycles. The zero-order chi connectivity index (χ0) is 5.98. The zero-order valence-electron chi connectivity index (χ0n) is 4.81. The molecule has 2 nitrogen and oxygen atoms in total. The van der Waals surface area contributed by atoms with Gasteiger partial charge in [0, 0.05) is 11.8 Å². The monoisotopic (exact) mass is 131 g/mol. The van der Waals surface area contributed by atoms with Crippen molar-refractivity contribution in [2.45, 2.75) is 19.4 Å². The third-order valence-electron chi connectivity index (χ3n) is 1.23. The average molecular weight is 131 g/mol. The minimum atomic E-state index is 0.136. The highest BCUT2D eigenvalue weighted by molar-refractivity contribution is 8.13. The quantitative estimate of drug-likeness (QED) is 0.579. The highest BCUT2D eigenvalue weighted by Crippen LogP contribution is 2.14. The molecule has 46 valence electrons. The van der Waals surface area contributed by atoms with E-state index in [0.717, 1.165) is 12.2 Å². The molecule has 0 spiro atoms. The molecule has 1 atom stereocenters. The van der Waals surface area contributed by atoms with Gasteiger partial charge in [0.1, 0.15) is 0 Å². The molecule has 0 radical (unpaired) electrons. The number of hydrogen-bond donors (Lipinski definition) is 1. The van der Waals surface area contributed by atoms with Crippen LogP contribution in [0.5, 0.6) is 0 Å². The van der Waals surface area contributed by atoms with Gasteiger partial charge in [-0.3, -0.25) is 4.79 Å². The lowest BCUT2D eigenvalue weighted by Gasteiger charge is -2.01. The lowest BCUT2D eigenvalue weighted by Crippen LogP contribution is -2.24. The summed E-state index contributed by atoms with van der Waals surface area (Å²) in [5.74, 6) is 0.954. The topological polar surface area (TPSA) is 29.1 Å². The Kier molecular flexibility index (Phi) is 1.78. The maximum absolute atomic E-state index is 10.5. The van der Waals surface area contributed by atoms with Crippen LogP contribution >= 0.6 is 11.8 Å². The van der Waals surface area contributed by atoms with Crippen molar-refractivity contribution in [2.75, 3.05) is 5.75 Å². The van der Waals surface area contributed by atoms with Crippen molar-refractivity contribution in [1.29, 1.82) is 0 Å². The summed E-state index contributed by atoms with van der Waals surface area (Å²) in [5.41, 5.74) is 0. The van der Waals surface area contributed by atoms with Crippen LogP contribution in [0.3, 0.4) is 0 Å². The SMILES string of the molecule is CC[C@H]1CSC(=O)N1. The lowest BCUT2D eigenvalue weighted by molar-refractivity contribution is 0.260. The standard InChI is InChI=1S/C5H9NOS/c1-2-4-3-8-5(7)6-4/h4H,2-3H2,1H3,(H,6,7)/t4-/m0/s1. The minimum absolute atomic E-state index is 0.136. The highest BCUT2D eigenvalue weighted by atomic mass is 32.2. The van der Waals surface area contributed by atoms with Crippen LogP contribution in [-0.4, -0.2) is 17.0 Å². The molecular formula is C5H9NOS. The molecule has 1 amide bonds. The molecule has 0 unspecified atom stereocenters. The van der Waals surface area contributed by atoms with Crippen LogP contribution in [-0.2, 0) is 0 Å². The second-order valence-corrected chi connectivity index (χ2v) is 2.84. The Morgan fingerprint density at radius 1 is 2.00 bits per heavy atom. The fourth-order valence-corrected chi connectivity index (χ4v) is 1.57. The molecule has 1 rings (SSSR count). The Balaban J connectivity index is 2.32. The van der Waals surface area contributed by atoms with Gasteiger partial charge in [0.25, 0.3) is 5.24 Å². The molecule has 0 bridgehead atoms. The van der Waals surface area contributed by atoms with Gasteiger partial charge in [0.15, 0.2) is 0 Å². The lowest BCUT2D eigenvalue weighted by atomic mass is 10.3. The number of carbonyl (C=O) groups is 1. The van der Waals surface area contributed by atoms with Gasteiger partial charge in [-0.05, 0) is 6.42 Å². The summed E-state index contributed by atoms with van der Waals surface area (Å²) in [6.07, 6.45) is 1.05. The van der Waals surface area contributed by atoms with Crippen LogP contribution in [0.4, 0.5) is 4.79 Å². The van der Waals surface area contributed by atoms with E-state index in [2.05, 4.69) is 12.2 Å². The summed E-state index contributed by atoms with van der Waals surface area (Å²) in [4.78, 5) is 10.5. The third-order valence-corrected chi connectivity index (χ3v) is 2.18. The van der Waals surface area contributed by atoms with Crippen LogP contribution in [0, 0.1) is 0 Å². The molecule has 1 saturated heterocycles. The predicted molar refractivity (Wildman–Crippen MR) is 35.1 cm³/mol. The molecule has 0 aromatic rings. The summed E-state index contributed by atoms with van der Waals surface area (Å²) in [6, 6.07) is 0.437. The highest BCUT2D eigenvalue weighted by Gasteiger charge is 2.18. The Labute approximate surface area is 53.0 Å². The summed E-state index contributed by atoms with van der Waals surface area (Å²) in [5, 5.41) is 2.96. The first-order valence-electron chi connectivity index (χ1n) is 2.76. The Bertz CT molecular complexity index is 105. The summed E-state index contributed by atoms with van der Waals surface area (Å²) < 4.78 is 0. The molecule has 1 aliphatic rings. The molecule has 1 heterocycles. The molecule has 0 aromatic carbocycles. The summed E-state index contributed by atoms with van der Waals surface area (Å²) in [7, 11) is 0. The first kappa shape index (κ1) is 5.95. The molecule has 0 aromatic heterocycles. The second-order valence-electron chi connectivity index (χ2n) is 1.85. The smallest absolute Gasteiger partial charge is 0.279 e. The number of carbonyl (C=O) groups excluding carboxylic acids is 1. The van der Waals surface area contributed by atoms with Crippen molar-refractivity contribution >= 4 is 17.0 Å². The molecule has 8 heavy (non-hydrogen) atoms. The first-order valence-corrected chi connectivity index (χ1v) is 3.74. The van der Waals surface area contributed by atoms with Gasteiger partial charge in [-0.25, -0.2) is 0 Å². The van der Waals surface area contributed by atoms with E-state index in [4.69, 9.17) is 0 Å². The van der Waals surface area contributed by atoms with Crippen molar-refractivity contribution in [3.05, 3.63) is 0 Å². The number of hydrogen-bond acceptors (Lipinski definition) is 2. The molecule has 0 aliphatic carbocycles. The van der Waals surface area contributed by atoms with E-state index in [-0.39, 0.29) is 5.24 Å². The summed E-state index contributed by atoms with van der Waals surface area (Å²) >= 11 is 1.38. The van der Waals surface area contributed by atoms with E-state index in [1.807, 2.05) is 0 Å². The number of nitrogens with one attached hydrogen (secondary N) is 1. The van der Waals surface area contributed by atoms with Gasteiger partial charge in [-0.1, -0.05) is 18.7 Å². The van der Waals surface area contributed by atoms with Gasteiger partial charge >= 0.3 is 0 Å². The maximum atomic E-state index is 10.5. The Hall–Kier alpha value is -0.180. The van der Waals surface area contributed by atoms with E-state index >= 15 is 0 Å². The van der Waals surface area contributed by atoms with Crippen molar-refractivity contribution in [1.82, 2.24) is 5.32 Å². The third kappa shape index (κ3) is 1.15. The van der Waals surface area contributed by atoms with E-state index in [1.54, 1.807) is 0 Å². The number of amides is 1. The minimum Gasteiger partial charge on any atom is -0.343 e. The maximum Gasteiger partial charge on any atom is 0.279 e. The normalized spacial score (nSPS) is 28.1. The molecule has 3 heteroatoms. The van der Waals surface area contributed by atoms with Crippen molar-refractivity contribution in [3.63, 3.8) is 0 Å². The van der Waals surface area contributed by atoms with Crippen LogP contribution in [0.15, 0.2) is 0 Å². The van der Waals surface area contributed by atoms with E-state index in [0.29, 0.717) is 6.04 Å². The molecule has 1 N–H and O–H groups in total. The van der Waals surface area contributed by atoms with Gasteiger partial charge in [0.2, 0.25) is 0 Å². The first-order chi connectivity index (χ1) is 3.83. The fraction of sp³-hybridized carbons (Fsp3) is 0.800. The van der Waals surface area contributed by atoms with Gasteiger partial charge < -0.3 is 5.32 Å². The Morgan fingerprint density at radius 3 is 3.00 bits per heavy atom. The van der Waals surface area contributed by atoms with Gasteiger partial charge in [0.05, 0.1) is 0 Å². The van der Waals surface area contributed by atoms with Crippen molar-refractivity contribution in [3.8, 4) is 0 Å². The van der Waals surface area contributed by atoms with Gasteiger partial charge in [-0.15, -0.1) is 0 Å². The predicted octanol–water partition coefficient (Wildman–Crippen LogP) is 1.22. The van der Waals surface area contributed by atoms with E-state index in [9.17, 15) is 4.79 Å². The van der Waals surface area contributed by atoms with Crippen LogP contribution in [0.25, 0.3) is 0 Å². The number of thioether (sulfide) groups is 1. The molecule has 1 fully saturated rings. The molecule has 0 saturated carbocycles. The van der Waals surface area contributed by atoms with Crippen LogP contribution < -0.4 is 5.32 Å². The van der Waals surface area contributed by atoms with Crippen molar-refractivity contribution < 1.29 is 4.79 Å². The van der Waals surface area contributed by atoms with Crippen molar-refractivity contribution in [2.24, 2.45) is 0 Å². The summed E-state index contributed by atoms with van der Waals surface area (Å²) in [6.45, 7) is 2.08. The van der Waals surface area contributed by atoms with Crippen LogP contribution in [0.1, 0.15) is 13.3 Å². The fourth-order valence-electron chi connectivity index (χ4n) is 0.646. The second kappa shape index (κ2) is 2.40. The Morgan fingerprint density at radius 2 is 2.75 bits per heavy atom. The van der Waals surface area contributed by atoms with Crippen LogP contribution in [0.2, 0.25) is 0 Å². The van der Waals surface area contributed by atoms with E-state index in [1.165, 1.54) is 11.8 Å². The average Bonchev–Trinajstić information content (AvgIpc) is 2.14. The molecular weight excluding hydrogens is 122 g/mol. The largest absolute Gasteiger partial charge is 0.343 e. The zero-order valence-corrected chi connectivity index (χ0v) is 5.62. The van der Waals surface area contributed by atoms with E-state index < -0.39 is 0 Å². The number of rotatable bonds is 1. The van der Waals surface area contributed by atoms with Gasteiger partial charge in [-0.2, -0.15) is 0 Å².